The first-order valence-corrected chi connectivity index (χ1v) is 9.22. The van der Waals surface area contributed by atoms with E-state index in [1.54, 1.807) is 20.8 Å². The van der Waals surface area contributed by atoms with Crippen molar-refractivity contribution in [3.05, 3.63) is 29.8 Å². The molecule has 2 N–H and O–H groups in total. The summed E-state index contributed by atoms with van der Waals surface area (Å²) >= 11 is 0. The Morgan fingerprint density at radius 1 is 1.09 bits per heavy atom. The lowest BCUT2D eigenvalue weighted by Crippen LogP contribution is -2.42. The van der Waals surface area contributed by atoms with E-state index in [2.05, 4.69) is 5.32 Å². The van der Waals surface area contributed by atoms with E-state index in [-0.39, 0.29) is 17.2 Å². The zero-order valence-corrected chi connectivity index (χ0v) is 14.4. The van der Waals surface area contributed by atoms with Crippen molar-refractivity contribution in [2.24, 2.45) is 5.41 Å². The van der Waals surface area contributed by atoms with E-state index in [0.717, 1.165) is 0 Å². The maximum absolute atomic E-state index is 12.1. The lowest BCUT2D eigenvalue weighted by Gasteiger charge is -2.26. The van der Waals surface area contributed by atoms with Crippen LogP contribution in [-0.2, 0) is 14.6 Å². The van der Waals surface area contributed by atoms with Crippen LogP contribution in [0.3, 0.4) is 0 Å². The predicted molar refractivity (Wildman–Crippen MR) is 87.2 cm³/mol. The van der Waals surface area contributed by atoms with Gasteiger partial charge in [-0.1, -0.05) is 20.8 Å². The summed E-state index contributed by atoms with van der Waals surface area (Å²) in [5.41, 5.74) is -0.687. The minimum atomic E-state index is -3.30. The molecular weight excluding hydrogens is 318 g/mol. The van der Waals surface area contributed by atoms with Crippen LogP contribution in [0.1, 0.15) is 44.0 Å². The molecule has 128 valence electrons. The second kappa shape index (κ2) is 7.59. The third kappa shape index (κ3) is 4.31. The molecule has 7 heteroatoms. The summed E-state index contributed by atoms with van der Waals surface area (Å²) in [6, 6.07) is 5.63. The highest BCUT2D eigenvalue weighted by Crippen LogP contribution is 2.25. The molecule has 0 heterocycles. The molecule has 0 saturated carbocycles. The molecule has 0 atom stereocenters. The Bertz CT molecular complexity index is 660. The van der Waals surface area contributed by atoms with Crippen molar-refractivity contribution in [1.29, 1.82) is 0 Å². The SMILES string of the molecule is CCC(CC)(CNC(=O)c1ccc(S(=O)(=O)CC)cc1)C(=O)O. The van der Waals surface area contributed by atoms with Crippen LogP contribution < -0.4 is 5.32 Å². The zero-order chi connectivity index (χ0) is 17.7. The van der Waals surface area contributed by atoms with Crippen molar-refractivity contribution in [3.63, 3.8) is 0 Å². The fourth-order valence-corrected chi connectivity index (χ4v) is 3.09. The molecule has 0 fully saturated rings. The number of aliphatic carboxylic acids is 1. The van der Waals surface area contributed by atoms with Gasteiger partial charge in [-0.05, 0) is 37.1 Å². The third-order valence-corrected chi connectivity index (χ3v) is 6.00. The van der Waals surface area contributed by atoms with Gasteiger partial charge in [0.05, 0.1) is 16.1 Å². The lowest BCUT2D eigenvalue weighted by atomic mass is 9.82. The number of carbonyl (C=O) groups excluding carboxylic acids is 1. The third-order valence-electron chi connectivity index (χ3n) is 4.25. The summed E-state index contributed by atoms with van der Waals surface area (Å²) < 4.78 is 23.5. The molecule has 0 radical (unpaired) electrons. The highest BCUT2D eigenvalue weighted by molar-refractivity contribution is 7.91. The van der Waals surface area contributed by atoms with Crippen molar-refractivity contribution >= 4 is 21.7 Å². The number of hydrogen-bond donors (Lipinski definition) is 2. The number of amides is 1. The molecular formula is C16H23NO5S. The van der Waals surface area contributed by atoms with E-state index < -0.39 is 27.1 Å². The van der Waals surface area contributed by atoms with Crippen LogP contribution in [-0.4, -0.2) is 37.7 Å². The second-order valence-corrected chi connectivity index (χ2v) is 7.68. The average molecular weight is 341 g/mol. The highest BCUT2D eigenvalue weighted by Gasteiger charge is 2.35. The van der Waals surface area contributed by atoms with Crippen molar-refractivity contribution in [2.45, 2.75) is 38.5 Å². The van der Waals surface area contributed by atoms with E-state index >= 15 is 0 Å². The van der Waals surface area contributed by atoms with Crippen LogP contribution in [0.2, 0.25) is 0 Å². The van der Waals surface area contributed by atoms with E-state index in [1.165, 1.54) is 24.3 Å². The number of rotatable bonds is 8. The highest BCUT2D eigenvalue weighted by atomic mass is 32.2. The van der Waals surface area contributed by atoms with Crippen LogP contribution >= 0.6 is 0 Å². The summed E-state index contributed by atoms with van der Waals surface area (Å²) in [4.78, 5) is 23.7. The topological polar surface area (TPSA) is 101 Å². The summed E-state index contributed by atoms with van der Waals surface area (Å²) in [5, 5.41) is 12.0. The Morgan fingerprint density at radius 3 is 2.00 bits per heavy atom. The van der Waals surface area contributed by atoms with Gasteiger partial charge in [0.2, 0.25) is 0 Å². The smallest absolute Gasteiger partial charge is 0.311 e. The van der Waals surface area contributed by atoms with E-state index in [1.807, 2.05) is 0 Å². The van der Waals surface area contributed by atoms with Crippen LogP contribution in [0, 0.1) is 5.41 Å². The number of hydrogen-bond acceptors (Lipinski definition) is 4. The molecule has 1 amide bonds. The maximum atomic E-state index is 12.1. The van der Waals surface area contributed by atoms with Crippen LogP contribution in [0.25, 0.3) is 0 Å². The van der Waals surface area contributed by atoms with Crippen LogP contribution in [0.5, 0.6) is 0 Å². The van der Waals surface area contributed by atoms with Gasteiger partial charge in [0.15, 0.2) is 9.84 Å². The first kappa shape index (κ1) is 19.2. The second-order valence-electron chi connectivity index (χ2n) is 5.40. The molecule has 0 bridgehead atoms. The Balaban J connectivity index is 2.85. The number of benzene rings is 1. The van der Waals surface area contributed by atoms with Crippen molar-refractivity contribution in [3.8, 4) is 0 Å². The number of sulfone groups is 1. The van der Waals surface area contributed by atoms with E-state index in [4.69, 9.17) is 0 Å². The summed E-state index contributed by atoms with van der Waals surface area (Å²) in [6.45, 7) is 5.13. The van der Waals surface area contributed by atoms with Gasteiger partial charge < -0.3 is 10.4 Å². The van der Waals surface area contributed by atoms with Gasteiger partial charge in [0, 0.05) is 12.1 Å². The first-order chi connectivity index (χ1) is 10.7. The normalized spacial score (nSPS) is 12.0. The number of carboxylic acids is 1. The Morgan fingerprint density at radius 2 is 1.61 bits per heavy atom. The van der Waals surface area contributed by atoms with Gasteiger partial charge in [-0.2, -0.15) is 0 Å². The fraction of sp³-hybridized carbons (Fsp3) is 0.500. The first-order valence-electron chi connectivity index (χ1n) is 7.56. The molecule has 0 spiro atoms. The van der Waals surface area contributed by atoms with Crippen molar-refractivity contribution in [1.82, 2.24) is 5.32 Å². The van der Waals surface area contributed by atoms with E-state index in [0.29, 0.717) is 18.4 Å². The fourth-order valence-electron chi connectivity index (χ4n) is 2.21. The molecule has 0 aliphatic carbocycles. The molecule has 1 rings (SSSR count). The number of nitrogens with one attached hydrogen (secondary N) is 1. The molecule has 0 aliphatic heterocycles. The molecule has 1 aromatic rings. The van der Waals surface area contributed by atoms with Gasteiger partial charge >= 0.3 is 5.97 Å². The minimum Gasteiger partial charge on any atom is -0.481 e. The standard InChI is InChI=1S/C16H23NO5S/c1-4-16(5-2,15(19)20)11-17-14(18)12-7-9-13(10-8-12)23(21,22)6-3/h7-10H,4-6,11H2,1-3H3,(H,17,18)(H,19,20). The zero-order valence-electron chi connectivity index (χ0n) is 13.6. The lowest BCUT2D eigenvalue weighted by molar-refractivity contribution is -0.149. The molecule has 1 aromatic carbocycles. The summed E-state index contributed by atoms with van der Waals surface area (Å²) in [6.07, 6.45) is 0.819. The van der Waals surface area contributed by atoms with E-state index in [9.17, 15) is 23.1 Å². The molecule has 0 unspecified atom stereocenters. The molecule has 6 nitrogen and oxygen atoms in total. The van der Waals surface area contributed by atoms with Crippen molar-refractivity contribution in [2.75, 3.05) is 12.3 Å². The van der Waals surface area contributed by atoms with Gasteiger partial charge in [-0.15, -0.1) is 0 Å². The molecule has 0 aromatic heterocycles. The van der Waals surface area contributed by atoms with Gasteiger partial charge in [0.25, 0.3) is 5.91 Å². The largest absolute Gasteiger partial charge is 0.481 e. The Labute approximate surface area is 136 Å². The summed E-state index contributed by atoms with van der Waals surface area (Å²) in [7, 11) is -3.30. The van der Waals surface area contributed by atoms with Gasteiger partial charge in [0.1, 0.15) is 0 Å². The number of carboxylic acid groups (broad SMARTS) is 1. The molecule has 0 saturated heterocycles. The Kier molecular flexibility index (Phi) is 6.32. The quantitative estimate of drug-likeness (QED) is 0.754. The number of carbonyl (C=O) groups is 2. The molecule has 0 aliphatic rings. The monoisotopic (exact) mass is 341 g/mol. The minimum absolute atomic E-state index is 0.00727. The van der Waals surface area contributed by atoms with Gasteiger partial charge in [-0.3, -0.25) is 9.59 Å². The van der Waals surface area contributed by atoms with Crippen molar-refractivity contribution < 1.29 is 23.1 Å². The average Bonchev–Trinajstić information content (AvgIpc) is 2.55. The van der Waals surface area contributed by atoms with Crippen LogP contribution in [0.15, 0.2) is 29.2 Å². The van der Waals surface area contributed by atoms with Crippen LogP contribution in [0.4, 0.5) is 0 Å². The molecule has 23 heavy (non-hydrogen) atoms. The predicted octanol–water partition coefficient (Wildman–Crippen LogP) is 2.10. The Hall–Kier alpha value is -1.89. The summed E-state index contributed by atoms with van der Waals surface area (Å²) in [5.74, 6) is -1.36. The maximum Gasteiger partial charge on any atom is 0.311 e. The van der Waals surface area contributed by atoms with Gasteiger partial charge in [-0.25, -0.2) is 8.42 Å².